The molecule has 1 aromatic carbocycles. The minimum absolute atomic E-state index is 0.0202. The van der Waals surface area contributed by atoms with Crippen LogP contribution in [0.4, 0.5) is 0 Å². The number of aryl methyl sites for hydroxylation is 2. The van der Waals surface area contributed by atoms with E-state index in [9.17, 15) is 8.42 Å². The van der Waals surface area contributed by atoms with E-state index < -0.39 is 10.0 Å². The molecule has 1 aromatic heterocycles. The van der Waals surface area contributed by atoms with Gasteiger partial charge < -0.3 is 4.52 Å². The zero-order chi connectivity index (χ0) is 22.3. The molecule has 30 heavy (non-hydrogen) atoms. The predicted molar refractivity (Wildman–Crippen MR) is 117 cm³/mol. The van der Waals surface area contributed by atoms with E-state index in [0.29, 0.717) is 49.3 Å². The summed E-state index contributed by atoms with van der Waals surface area (Å²) < 4.78 is 33.7. The molecule has 1 aliphatic rings. The van der Waals surface area contributed by atoms with E-state index in [4.69, 9.17) is 4.52 Å². The molecule has 0 spiro atoms. The van der Waals surface area contributed by atoms with Crippen LogP contribution in [0.25, 0.3) is 0 Å². The number of hydrogen-bond acceptors (Lipinski definition) is 6. The van der Waals surface area contributed by atoms with Crippen LogP contribution in [0.5, 0.6) is 0 Å². The summed E-state index contributed by atoms with van der Waals surface area (Å²) in [7, 11) is -3.53. The Kier molecular flexibility index (Phi) is 6.41. The molecule has 7 nitrogen and oxygen atoms in total. The summed E-state index contributed by atoms with van der Waals surface area (Å²) in [5.74, 6) is 1.51. The second-order valence-corrected chi connectivity index (χ2v) is 11.4. The zero-order valence-corrected chi connectivity index (χ0v) is 20.0. The first-order valence-corrected chi connectivity index (χ1v) is 12.0. The molecule has 1 fully saturated rings. The van der Waals surface area contributed by atoms with Gasteiger partial charge in [0.25, 0.3) is 0 Å². The van der Waals surface area contributed by atoms with Crippen LogP contribution in [-0.4, -0.2) is 53.9 Å². The molecule has 166 valence electrons. The molecule has 0 saturated carbocycles. The summed E-state index contributed by atoms with van der Waals surface area (Å²) in [6.07, 6.45) is 0. The van der Waals surface area contributed by atoms with Gasteiger partial charge in [-0.05, 0) is 36.0 Å². The van der Waals surface area contributed by atoms with Crippen molar-refractivity contribution in [2.24, 2.45) is 0 Å². The Bertz CT molecular complexity index is 975. The minimum atomic E-state index is -3.53. The molecule has 0 amide bonds. The van der Waals surface area contributed by atoms with Crippen LogP contribution < -0.4 is 0 Å². The Balaban J connectivity index is 1.71. The van der Waals surface area contributed by atoms with E-state index >= 15 is 0 Å². The third kappa shape index (κ3) is 4.76. The molecule has 0 atom stereocenters. The van der Waals surface area contributed by atoms with Gasteiger partial charge in [-0.1, -0.05) is 51.9 Å². The van der Waals surface area contributed by atoms with Gasteiger partial charge in [-0.3, -0.25) is 4.90 Å². The number of benzene rings is 1. The first kappa shape index (κ1) is 22.9. The van der Waals surface area contributed by atoms with Gasteiger partial charge in [0.1, 0.15) is 0 Å². The van der Waals surface area contributed by atoms with Gasteiger partial charge >= 0.3 is 0 Å². The summed E-state index contributed by atoms with van der Waals surface area (Å²) in [6.45, 7) is 17.0. The van der Waals surface area contributed by atoms with Crippen LogP contribution in [0.2, 0.25) is 0 Å². The molecule has 0 N–H and O–H groups in total. The molecule has 2 heterocycles. The van der Waals surface area contributed by atoms with Crippen molar-refractivity contribution in [3.8, 4) is 0 Å². The van der Waals surface area contributed by atoms with Crippen LogP contribution in [0.1, 0.15) is 68.9 Å². The van der Waals surface area contributed by atoms with Crippen molar-refractivity contribution in [2.45, 2.75) is 71.2 Å². The zero-order valence-electron chi connectivity index (χ0n) is 19.2. The molecule has 0 unspecified atom stereocenters. The van der Waals surface area contributed by atoms with E-state index in [1.165, 1.54) is 0 Å². The van der Waals surface area contributed by atoms with Gasteiger partial charge in [0.2, 0.25) is 15.9 Å². The lowest BCUT2D eigenvalue weighted by Crippen LogP contribution is -2.48. The highest BCUT2D eigenvalue weighted by Crippen LogP contribution is 2.31. The molecule has 1 saturated heterocycles. The van der Waals surface area contributed by atoms with Crippen LogP contribution in [-0.2, 0) is 22.0 Å². The summed E-state index contributed by atoms with van der Waals surface area (Å²) in [4.78, 5) is 7.02. The van der Waals surface area contributed by atoms with Crippen LogP contribution in [0.15, 0.2) is 21.6 Å². The number of hydrogen-bond donors (Lipinski definition) is 0. The number of piperazine rings is 1. The minimum Gasteiger partial charge on any atom is -0.338 e. The molecule has 0 bridgehead atoms. The Morgan fingerprint density at radius 2 is 1.63 bits per heavy atom. The third-order valence-corrected chi connectivity index (χ3v) is 7.82. The lowest BCUT2D eigenvalue weighted by molar-refractivity contribution is 0.163. The van der Waals surface area contributed by atoms with Gasteiger partial charge in [0, 0.05) is 32.1 Å². The molecule has 0 radical (unpaired) electrons. The molecule has 8 heteroatoms. The average Bonchev–Trinajstić information content (AvgIpc) is 3.09. The van der Waals surface area contributed by atoms with E-state index in [0.717, 1.165) is 16.7 Å². The SMILES string of the molecule is Cc1cc(C(C)(C)C)cc(C)c1S(=O)(=O)N1CCN(Cc2nc(C(C)C)no2)CC1. The van der Waals surface area contributed by atoms with Crippen molar-refractivity contribution in [1.82, 2.24) is 19.3 Å². The third-order valence-electron chi connectivity index (χ3n) is 5.61. The van der Waals surface area contributed by atoms with Crippen LogP contribution >= 0.6 is 0 Å². The van der Waals surface area contributed by atoms with Gasteiger partial charge in [-0.2, -0.15) is 9.29 Å². The number of aromatic nitrogens is 2. The van der Waals surface area contributed by atoms with Crippen LogP contribution in [0, 0.1) is 13.8 Å². The normalized spacial score (nSPS) is 17.1. The molecular weight excluding hydrogens is 400 g/mol. The summed E-state index contributed by atoms with van der Waals surface area (Å²) in [5.41, 5.74) is 2.76. The second kappa shape index (κ2) is 8.40. The van der Waals surface area contributed by atoms with Crippen molar-refractivity contribution >= 4 is 10.0 Å². The highest BCUT2D eigenvalue weighted by Gasteiger charge is 2.32. The van der Waals surface area contributed by atoms with Crippen molar-refractivity contribution in [1.29, 1.82) is 0 Å². The van der Waals surface area contributed by atoms with E-state index in [-0.39, 0.29) is 11.3 Å². The Hall–Kier alpha value is -1.77. The summed E-state index contributed by atoms with van der Waals surface area (Å²) in [6, 6.07) is 4.02. The number of nitrogens with zero attached hydrogens (tertiary/aromatic N) is 4. The first-order valence-electron chi connectivity index (χ1n) is 10.6. The second-order valence-electron chi connectivity index (χ2n) is 9.57. The molecule has 0 aliphatic carbocycles. The van der Waals surface area contributed by atoms with Crippen molar-refractivity contribution in [3.63, 3.8) is 0 Å². The monoisotopic (exact) mass is 434 g/mol. The van der Waals surface area contributed by atoms with E-state index in [1.54, 1.807) is 4.31 Å². The maximum absolute atomic E-state index is 13.4. The first-order chi connectivity index (χ1) is 13.9. The predicted octanol–water partition coefficient (Wildman–Crippen LogP) is 3.61. The smallest absolute Gasteiger partial charge is 0.243 e. The fourth-order valence-electron chi connectivity index (χ4n) is 3.81. The summed E-state index contributed by atoms with van der Waals surface area (Å²) >= 11 is 0. The molecule has 2 aromatic rings. The average molecular weight is 435 g/mol. The molecule has 1 aliphatic heterocycles. The Labute approximate surface area is 180 Å². The largest absolute Gasteiger partial charge is 0.338 e. The Morgan fingerprint density at radius 3 is 2.10 bits per heavy atom. The maximum atomic E-state index is 13.4. The highest BCUT2D eigenvalue weighted by molar-refractivity contribution is 7.89. The molecular formula is C22H34N4O3S. The Morgan fingerprint density at radius 1 is 1.07 bits per heavy atom. The van der Waals surface area contributed by atoms with Crippen molar-refractivity contribution < 1.29 is 12.9 Å². The topological polar surface area (TPSA) is 79.5 Å². The van der Waals surface area contributed by atoms with Crippen LogP contribution in [0.3, 0.4) is 0 Å². The quantitative estimate of drug-likeness (QED) is 0.715. The number of rotatable bonds is 5. The van der Waals surface area contributed by atoms with E-state index in [2.05, 4.69) is 35.8 Å². The fourth-order valence-corrected chi connectivity index (χ4v) is 5.64. The lowest BCUT2D eigenvalue weighted by Gasteiger charge is -2.34. The van der Waals surface area contributed by atoms with Gasteiger partial charge in [-0.15, -0.1) is 0 Å². The van der Waals surface area contributed by atoms with E-state index in [1.807, 2.05) is 39.8 Å². The van der Waals surface area contributed by atoms with Gasteiger partial charge in [-0.25, -0.2) is 8.42 Å². The lowest BCUT2D eigenvalue weighted by atomic mass is 9.85. The van der Waals surface area contributed by atoms with Gasteiger partial charge in [0.15, 0.2) is 5.82 Å². The highest BCUT2D eigenvalue weighted by atomic mass is 32.2. The van der Waals surface area contributed by atoms with Crippen molar-refractivity contribution in [2.75, 3.05) is 26.2 Å². The van der Waals surface area contributed by atoms with Crippen molar-refractivity contribution in [3.05, 3.63) is 40.5 Å². The summed E-state index contributed by atoms with van der Waals surface area (Å²) in [5, 5.41) is 4.00. The number of sulfonamides is 1. The standard InChI is InChI=1S/C22H34N4O3S/c1-15(2)21-23-19(29-24-21)14-25-8-10-26(11-9-25)30(27,28)20-16(3)12-18(13-17(20)4)22(5,6)7/h12-13,15H,8-11,14H2,1-7H3. The maximum Gasteiger partial charge on any atom is 0.243 e. The fraction of sp³-hybridized carbons (Fsp3) is 0.636. The molecule has 3 rings (SSSR count). The van der Waals surface area contributed by atoms with Gasteiger partial charge in [0.05, 0.1) is 11.4 Å².